The van der Waals surface area contributed by atoms with Gasteiger partial charge in [0.1, 0.15) is 0 Å². The molecule has 0 radical (unpaired) electrons. The fourth-order valence-corrected chi connectivity index (χ4v) is 1.47. The van der Waals surface area contributed by atoms with Crippen molar-refractivity contribution in [1.82, 2.24) is 0 Å². The summed E-state index contributed by atoms with van der Waals surface area (Å²) in [5.41, 5.74) is 5.08. The number of hydrogen-bond acceptors (Lipinski definition) is 4. The van der Waals surface area contributed by atoms with E-state index in [-0.39, 0.29) is 5.97 Å². The van der Waals surface area contributed by atoms with Crippen LogP contribution >= 0.6 is 0 Å². The van der Waals surface area contributed by atoms with E-state index in [2.05, 4.69) is 0 Å². The third kappa shape index (κ3) is 1.59. The van der Waals surface area contributed by atoms with Gasteiger partial charge in [-0.05, 0) is 12.8 Å². The van der Waals surface area contributed by atoms with Crippen LogP contribution in [0.25, 0.3) is 0 Å². The summed E-state index contributed by atoms with van der Waals surface area (Å²) in [5, 5.41) is 0. The lowest BCUT2D eigenvalue weighted by Crippen LogP contribution is -2.43. The van der Waals surface area contributed by atoms with Gasteiger partial charge in [0.2, 0.25) is 0 Å². The number of methoxy groups -OCH3 is 1. The zero-order valence-electron chi connectivity index (χ0n) is 7.34. The van der Waals surface area contributed by atoms with Gasteiger partial charge >= 0.3 is 5.97 Å². The molecule has 0 aliphatic carbocycles. The van der Waals surface area contributed by atoms with Crippen molar-refractivity contribution >= 4 is 5.97 Å². The topological polar surface area (TPSA) is 61.5 Å². The molecule has 0 saturated carbocycles. The molecule has 0 spiro atoms. The SMILES string of the molecule is COC(=O)C1(CN)CCOCC1. The van der Waals surface area contributed by atoms with E-state index >= 15 is 0 Å². The minimum absolute atomic E-state index is 0.201. The van der Waals surface area contributed by atoms with Crippen molar-refractivity contribution in [2.75, 3.05) is 26.9 Å². The molecule has 1 saturated heterocycles. The average Bonchev–Trinajstić information content (AvgIpc) is 2.17. The largest absolute Gasteiger partial charge is 0.469 e. The smallest absolute Gasteiger partial charge is 0.313 e. The van der Waals surface area contributed by atoms with Gasteiger partial charge in [0, 0.05) is 19.8 Å². The van der Waals surface area contributed by atoms with Crippen LogP contribution in [-0.2, 0) is 14.3 Å². The molecule has 0 bridgehead atoms. The van der Waals surface area contributed by atoms with E-state index in [9.17, 15) is 4.79 Å². The highest BCUT2D eigenvalue weighted by molar-refractivity contribution is 5.77. The maximum Gasteiger partial charge on any atom is 0.313 e. The van der Waals surface area contributed by atoms with Gasteiger partial charge in [0.25, 0.3) is 0 Å². The Bertz CT molecular complexity index is 164. The van der Waals surface area contributed by atoms with Crippen LogP contribution in [0.2, 0.25) is 0 Å². The minimum atomic E-state index is -0.479. The zero-order chi connectivity index (χ0) is 9.03. The summed E-state index contributed by atoms with van der Waals surface area (Å²) < 4.78 is 9.87. The average molecular weight is 173 g/mol. The van der Waals surface area contributed by atoms with Gasteiger partial charge in [0.15, 0.2) is 0 Å². The molecule has 1 fully saturated rings. The highest BCUT2D eigenvalue weighted by Crippen LogP contribution is 2.30. The number of esters is 1. The van der Waals surface area contributed by atoms with Crippen LogP contribution in [0.15, 0.2) is 0 Å². The highest BCUT2D eigenvalue weighted by atomic mass is 16.5. The van der Waals surface area contributed by atoms with Gasteiger partial charge in [-0.1, -0.05) is 0 Å². The van der Waals surface area contributed by atoms with Gasteiger partial charge < -0.3 is 15.2 Å². The molecule has 4 heteroatoms. The monoisotopic (exact) mass is 173 g/mol. The molecule has 0 atom stereocenters. The summed E-state index contributed by atoms with van der Waals surface area (Å²) in [6.45, 7) is 1.56. The molecule has 2 N–H and O–H groups in total. The first-order valence-electron chi connectivity index (χ1n) is 4.11. The summed E-state index contributed by atoms with van der Waals surface area (Å²) >= 11 is 0. The van der Waals surface area contributed by atoms with Gasteiger partial charge in [-0.15, -0.1) is 0 Å². The van der Waals surface area contributed by atoms with Crippen LogP contribution in [0, 0.1) is 5.41 Å². The van der Waals surface area contributed by atoms with Crippen molar-refractivity contribution < 1.29 is 14.3 Å². The lowest BCUT2D eigenvalue weighted by molar-refractivity contribution is -0.157. The maximum absolute atomic E-state index is 11.4. The zero-order valence-corrected chi connectivity index (χ0v) is 7.34. The number of hydrogen-bond donors (Lipinski definition) is 1. The molecule has 1 heterocycles. The lowest BCUT2D eigenvalue weighted by Gasteiger charge is -2.32. The van der Waals surface area contributed by atoms with Crippen molar-refractivity contribution in [3.8, 4) is 0 Å². The first-order valence-corrected chi connectivity index (χ1v) is 4.11. The van der Waals surface area contributed by atoms with Gasteiger partial charge in [-0.25, -0.2) is 0 Å². The van der Waals surface area contributed by atoms with E-state index in [0.717, 1.165) is 0 Å². The molecule has 0 aromatic carbocycles. The Balaban J connectivity index is 2.66. The summed E-state index contributed by atoms with van der Waals surface area (Å²) in [6, 6.07) is 0. The van der Waals surface area contributed by atoms with Crippen LogP contribution in [-0.4, -0.2) is 32.8 Å². The summed E-state index contributed by atoms with van der Waals surface area (Å²) in [5.74, 6) is -0.201. The third-order valence-electron chi connectivity index (χ3n) is 2.46. The van der Waals surface area contributed by atoms with E-state index in [1.807, 2.05) is 0 Å². The molecule has 0 amide bonds. The predicted octanol–water partition coefficient (Wildman–Crippen LogP) is -0.0851. The second-order valence-corrected chi connectivity index (χ2v) is 3.09. The fraction of sp³-hybridized carbons (Fsp3) is 0.875. The molecule has 0 aromatic heterocycles. The molecule has 0 aromatic rings. The van der Waals surface area contributed by atoms with Crippen molar-refractivity contribution in [3.63, 3.8) is 0 Å². The lowest BCUT2D eigenvalue weighted by atomic mass is 9.80. The van der Waals surface area contributed by atoms with Crippen molar-refractivity contribution in [3.05, 3.63) is 0 Å². The Morgan fingerprint density at radius 2 is 2.17 bits per heavy atom. The van der Waals surface area contributed by atoms with Crippen LogP contribution < -0.4 is 5.73 Å². The molecule has 1 aliphatic heterocycles. The van der Waals surface area contributed by atoms with Crippen LogP contribution in [0.4, 0.5) is 0 Å². The van der Waals surface area contributed by atoms with Crippen molar-refractivity contribution in [2.45, 2.75) is 12.8 Å². The van der Waals surface area contributed by atoms with E-state index in [0.29, 0.717) is 32.6 Å². The molecule has 1 rings (SSSR count). The van der Waals surface area contributed by atoms with Gasteiger partial charge in [0.05, 0.1) is 12.5 Å². The Morgan fingerprint density at radius 3 is 2.58 bits per heavy atom. The maximum atomic E-state index is 11.4. The standard InChI is InChI=1S/C8H15NO3/c1-11-7(10)8(6-9)2-4-12-5-3-8/h2-6,9H2,1H3. The molecule has 1 aliphatic rings. The second-order valence-electron chi connectivity index (χ2n) is 3.09. The Labute approximate surface area is 72.0 Å². The van der Waals surface area contributed by atoms with Crippen molar-refractivity contribution in [1.29, 1.82) is 0 Å². The van der Waals surface area contributed by atoms with E-state index in [4.69, 9.17) is 15.2 Å². The molecule has 12 heavy (non-hydrogen) atoms. The third-order valence-corrected chi connectivity index (χ3v) is 2.46. The molecular formula is C8H15NO3. The Morgan fingerprint density at radius 1 is 1.58 bits per heavy atom. The molecule has 70 valence electrons. The number of ether oxygens (including phenoxy) is 2. The highest BCUT2D eigenvalue weighted by Gasteiger charge is 2.39. The summed E-state index contributed by atoms with van der Waals surface area (Å²) in [6.07, 6.45) is 1.35. The van der Waals surface area contributed by atoms with Gasteiger partial charge in [-0.2, -0.15) is 0 Å². The normalized spacial score (nSPS) is 21.8. The number of carbonyl (C=O) groups excluding carboxylic acids is 1. The molecular weight excluding hydrogens is 158 g/mol. The van der Waals surface area contributed by atoms with E-state index in [1.54, 1.807) is 0 Å². The van der Waals surface area contributed by atoms with Crippen LogP contribution in [0.1, 0.15) is 12.8 Å². The molecule has 4 nitrogen and oxygen atoms in total. The number of nitrogens with two attached hydrogens (primary N) is 1. The Kier molecular flexibility index (Phi) is 3.05. The quantitative estimate of drug-likeness (QED) is 0.593. The molecule has 0 unspecified atom stereocenters. The second kappa shape index (κ2) is 3.87. The van der Waals surface area contributed by atoms with E-state index in [1.165, 1.54) is 7.11 Å². The summed E-state index contributed by atoms with van der Waals surface area (Å²) in [7, 11) is 1.40. The Hall–Kier alpha value is -0.610. The first kappa shape index (κ1) is 9.48. The number of rotatable bonds is 2. The predicted molar refractivity (Wildman–Crippen MR) is 43.6 cm³/mol. The van der Waals surface area contributed by atoms with Crippen LogP contribution in [0.5, 0.6) is 0 Å². The van der Waals surface area contributed by atoms with Crippen molar-refractivity contribution in [2.24, 2.45) is 11.1 Å². The van der Waals surface area contributed by atoms with Crippen LogP contribution in [0.3, 0.4) is 0 Å². The van der Waals surface area contributed by atoms with Gasteiger partial charge in [-0.3, -0.25) is 4.79 Å². The van der Waals surface area contributed by atoms with E-state index < -0.39 is 5.41 Å². The minimum Gasteiger partial charge on any atom is -0.469 e. The fourth-order valence-electron chi connectivity index (χ4n) is 1.47. The number of carbonyl (C=O) groups is 1. The summed E-state index contributed by atoms with van der Waals surface area (Å²) in [4.78, 5) is 11.4. The first-order chi connectivity index (χ1) is 5.75.